The summed E-state index contributed by atoms with van der Waals surface area (Å²) in [4.78, 5) is 25.0. The maximum atomic E-state index is 13.3. The van der Waals surface area contributed by atoms with Gasteiger partial charge in [-0.3, -0.25) is 9.35 Å². The summed E-state index contributed by atoms with van der Waals surface area (Å²) < 4.78 is 59.0. The lowest BCUT2D eigenvalue weighted by Crippen LogP contribution is -2.44. The quantitative estimate of drug-likeness (QED) is 0.445. The summed E-state index contributed by atoms with van der Waals surface area (Å²) in [6.45, 7) is 0.379. The van der Waals surface area contributed by atoms with E-state index in [0.717, 1.165) is 63.2 Å². The molecule has 5 rings (SSSR count). The molecule has 0 spiro atoms. The van der Waals surface area contributed by atoms with E-state index in [0.29, 0.717) is 22.9 Å². The molecule has 11 nitrogen and oxygen atoms in total. The number of aryl methyl sites for hydroxylation is 1. The maximum absolute atomic E-state index is 13.3. The standard InChI is InChI=1S/C24H30F2N6O2.CH4O3S/c1-30-10-12-32(13-11-30)16-8-9-17(18(14-16)34-24(25)26)21-27-22-19(23(33)28-21)20(29-31(22)2)15-6-4-3-5-7-15;1-5(2,3)4/h8-9,14-15,24H,3-7,10-13H2,1-2H3,(H,27,28,33);1H3,(H,2,3,4). The van der Waals surface area contributed by atoms with Gasteiger partial charge in [-0.25, -0.2) is 9.67 Å². The molecule has 1 saturated heterocycles. The van der Waals surface area contributed by atoms with Gasteiger partial charge in [0.05, 0.1) is 17.5 Å². The Morgan fingerprint density at radius 3 is 2.36 bits per heavy atom. The molecular weight excluding hydrogens is 534 g/mol. The molecule has 2 N–H and O–H groups in total. The summed E-state index contributed by atoms with van der Waals surface area (Å²) in [5.41, 5.74) is 2.05. The average molecular weight is 569 g/mol. The van der Waals surface area contributed by atoms with Crippen LogP contribution in [0.15, 0.2) is 23.0 Å². The topological polar surface area (TPSA) is 134 Å². The minimum absolute atomic E-state index is 0.0106. The predicted octanol–water partition coefficient (Wildman–Crippen LogP) is 3.23. The molecule has 0 radical (unpaired) electrons. The van der Waals surface area contributed by atoms with E-state index in [2.05, 4.69) is 31.9 Å². The number of hydrogen-bond donors (Lipinski definition) is 2. The number of fused-ring (bicyclic) bond motifs is 1. The third-order valence-corrected chi connectivity index (χ3v) is 7.02. The number of benzene rings is 1. The minimum atomic E-state index is -3.67. The van der Waals surface area contributed by atoms with Crippen LogP contribution in [0.4, 0.5) is 14.5 Å². The molecule has 1 aromatic carbocycles. The summed E-state index contributed by atoms with van der Waals surface area (Å²) >= 11 is 0. The van der Waals surface area contributed by atoms with E-state index < -0.39 is 16.7 Å². The van der Waals surface area contributed by atoms with Crippen molar-refractivity contribution in [3.8, 4) is 17.1 Å². The fourth-order valence-electron chi connectivity index (χ4n) is 5.14. The van der Waals surface area contributed by atoms with Crippen LogP contribution in [-0.2, 0) is 17.2 Å². The molecule has 2 aromatic heterocycles. The average Bonchev–Trinajstić information content (AvgIpc) is 3.20. The maximum Gasteiger partial charge on any atom is 0.387 e. The number of nitrogens with one attached hydrogen (secondary N) is 1. The van der Waals surface area contributed by atoms with Crippen LogP contribution in [0.25, 0.3) is 22.4 Å². The van der Waals surface area contributed by atoms with Crippen molar-refractivity contribution in [1.29, 1.82) is 0 Å². The highest BCUT2D eigenvalue weighted by Crippen LogP contribution is 2.36. The molecule has 3 aromatic rings. The zero-order chi connectivity index (χ0) is 28.3. The predicted molar refractivity (Wildman–Crippen MR) is 144 cm³/mol. The third-order valence-electron chi connectivity index (χ3n) is 7.02. The van der Waals surface area contributed by atoms with Crippen LogP contribution in [-0.4, -0.2) is 83.7 Å². The van der Waals surface area contributed by atoms with Crippen LogP contribution in [0.3, 0.4) is 0 Å². The largest absolute Gasteiger partial charge is 0.434 e. The summed E-state index contributed by atoms with van der Waals surface area (Å²) in [5, 5.41) is 5.12. The highest BCUT2D eigenvalue weighted by molar-refractivity contribution is 7.85. The van der Waals surface area contributed by atoms with Gasteiger partial charge >= 0.3 is 6.61 Å². The lowest BCUT2D eigenvalue weighted by atomic mass is 9.86. The Kier molecular flexibility index (Phi) is 8.86. The van der Waals surface area contributed by atoms with Crippen molar-refractivity contribution in [1.82, 2.24) is 24.6 Å². The van der Waals surface area contributed by atoms with Crippen molar-refractivity contribution in [2.24, 2.45) is 7.05 Å². The number of rotatable bonds is 5. The fourth-order valence-corrected chi connectivity index (χ4v) is 5.14. The summed E-state index contributed by atoms with van der Waals surface area (Å²) in [7, 11) is 0.153. The minimum Gasteiger partial charge on any atom is -0.434 e. The Labute approximate surface area is 225 Å². The van der Waals surface area contributed by atoms with Gasteiger partial charge in [0, 0.05) is 50.9 Å². The van der Waals surface area contributed by atoms with Crippen molar-refractivity contribution < 1.29 is 26.5 Å². The van der Waals surface area contributed by atoms with Crippen LogP contribution in [0.5, 0.6) is 5.75 Å². The molecule has 39 heavy (non-hydrogen) atoms. The first-order valence-corrected chi connectivity index (χ1v) is 14.7. The van der Waals surface area contributed by atoms with E-state index in [1.165, 1.54) is 6.42 Å². The number of hydrogen-bond acceptors (Lipinski definition) is 8. The Balaban J connectivity index is 0.000000648. The molecule has 0 unspecified atom stereocenters. The lowest BCUT2D eigenvalue weighted by molar-refractivity contribution is -0.0494. The second-order valence-electron chi connectivity index (χ2n) is 10.0. The third kappa shape index (κ3) is 7.31. The van der Waals surface area contributed by atoms with Crippen LogP contribution in [0.2, 0.25) is 0 Å². The van der Waals surface area contributed by atoms with Gasteiger partial charge in [-0.15, -0.1) is 0 Å². The number of piperazine rings is 1. The van der Waals surface area contributed by atoms with Gasteiger partial charge < -0.3 is 19.5 Å². The molecule has 14 heteroatoms. The first-order valence-electron chi connectivity index (χ1n) is 12.8. The molecule has 0 amide bonds. The molecular formula is C25H34F2N6O5S. The zero-order valence-corrected chi connectivity index (χ0v) is 23.0. The number of halogens is 2. The van der Waals surface area contributed by atoms with Crippen molar-refractivity contribution in [3.63, 3.8) is 0 Å². The Bertz CT molecular complexity index is 1450. The molecule has 3 heterocycles. The van der Waals surface area contributed by atoms with Crippen LogP contribution in [0.1, 0.15) is 43.7 Å². The summed E-state index contributed by atoms with van der Waals surface area (Å²) in [5.74, 6) is 0.423. The highest BCUT2D eigenvalue weighted by Gasteiger charge is 2.26. The van der Waals surface area contributed by atoms with E-state index in [1.807, 2.05) is 6.07 Å². The van der Waals surface area contributed by atoms with E-state index in [1.54, 1.807) is 23.9 Å². The first-order chi connectivity index (χ1) is 18.4. The fraction of sp³-hybridized carbons (Fsp3) is 0.560. The molecule has 214 valence electrons. The van der Waals surface area contributed by atoms with Crippen molar-refractivity contribution in [2.45, 2.75) is 44.6 Å². The SMILES string of the molecule is CN1CCN(c2ccc(-c3nc4c(c(C5CCCCC5)nn4C)c(=O)[nH]3)c(OC(F)F)c2)CC1.CS(=O)(=O)O. The second kappa shape index (κ2) is 12.0. The number of alkyl halides is 2. The number of aromatic amines is 1. The number of nitrogens with zero attached hydrogens (tertiary/aromatic N) is 5. The highest BCUT2D eigenvalue weighted by atomic mass is 32.2. The second-order valence-corrected chi connectivity index (χ2v) is 11.5. The number of likely N-dealkylation sites (N-methyl/N-ethyl adjacent to an activating group) is 1. The van der Waals surface area contributed by atoms with Gasteiger partial charge in [-0.05, 0) is 32.0 Å². The van der Waals surface area contributed by atoms with Crippen molar-refractivity contribution in [2.75, 3.05) is 44.4 Å². The number of ether oxygens (including phenoxy) is 1. The number of H-pyrrole nitrogens is 1. The van der Waals surface area contributed by atoms with Crippen molar-refractivity contribution in [3.05, 3.63) is 34.2 Å². The normalized spacial score (nSPS) is 17.4. The molecule has 1 aliphatic heterocycles. The Hall–Kier alpha value is -3.10. The molecule has 0 bridgehead atoms. The smallest absolute Gasteiger partial charge is 0.387 e. The van der Waals surface area contributed by atoms with E-state index >= 15 is 0 Å². The van der Waals surface area contributed by atoms with Crippen LogP contribution in [0, 0.1) is 0 Å². The van der Waals surface area contributed by atoms with Gasteiger partial charge in [0.15, 0.2) is 5.65 Å². The lowest BCUT2D eigenvalue weighted by Gasteiger charge is -2.34. The molecule has 2 aliphatic rings. The van der Waals surface area contributed by atoms with E-state index in [4.69, 9.17) is 9.29 Å². The Morgan fingerprint density at radius 1 is 1.10 bits per heavy atom. The summed E-state index contributed by atoms with van der Waals surface area (Å²) in [6.07, 6.45) is 6.19. The van der Waals surface area contributed by atoms with Gasteiger partial charge in [0.25, 0.3) is 15.7 Å². The van der Waals surface area contributed by atoms with Gasteiger partial charge in [0.1, 0.15) is 17.0 Å². The molecule has 1 aliphatic carbocycles. The monoisotopic (exact) mass is 568 g/mol. The van der Waals surface area contributed by atoms with Crippen LogP contribution >= 0.6 is 0 Å². The zero-order valence-electron chi connectivity index (χ0n) is 22.2. The van der Waals surface area contributed by atoms with Gasteiger partial charge in [-0.1, -0.05) is 19.3 Å². The summed E-state index contributed by atoms with van der Waals surface area (Å²) in [6, 6.07) is 5.15. The molecule has 2 fully saturated rings. The van der Waals surface area contributed by atoms with E-state index in [9.17, 15) is 22.0 Å². The Morgan fingerprint density at radius 2 is 1.74 bits per heavy atom. The van der Waals surface area contributed by atoms with Crippen molar-refractivity contribution >= 4 is 26.8 Å². The molecule has 1 saturated carbocycles. The van der Waals surface area contributed by atoms with Gasteiger partial charge in [0.2, 0.25) is 0 Å². The number of anilines is 1. The molecule has 0 atom stereocenters. The van der Waals surface area contributed by atoms with Crippen LogP contribution < -0.4 is 15.2 Å². The van der Waals surface area contributed by atoms with Gasteiger partial charge in [-0.2, -0.15) is 22.3 Å². The first kappa shape index (κ1) is 28.9. The number of aromatic nitrogens is 4. The van der Waals surface area contributed by atoms with E-state index in [-0.39, 0.29) is 23.1 Å².